The van der Waals surface area contributed by atoms with Crippen molar-refractivity contribution in [1.82, 2.24) is 15.1 Å². The number of anilines is 1. The smallest absolute Gasteiger partial charge is 0.249 e. The fraction of sp³-hybridized carbons (Fsp3) is 0.733. The monoisotopic (exact) mass is 354 g/mol. The third-order valence-electron chi connectivity index (χ3n) is 4.59. The van der Waals surface area contributed by atoms with Crippen molar-refractivity contribution in [2.45, 2.75) is 62.8 Å². The van der Waals surface area contributed by atoms with Crippen LogP contribution in [0.3, 0.4) is 0 Å². The second-order valence-electron chi connectivity index (χ2n) is 6.56. The number of nitrogens with one attached hydrogen (secondary N) is 1. The number of nitrogens with zero attached hydrogens (tertiary/aromatic N) is 3. The molecule has 1 aromatic rings. The van der Waals surface area contributed by atoms with Crippen LogP contribution in [0.1, 0.15) is 56.9 Å². The average Bonchev–Trinajstić information content (AvgIpc) is 3.11. The van der Waals surface area contributed by atoms with Gasteiger partial charge in [-0.3, -0.25) is 14.9 Å². The van der Waals surface area contributed by atoms with Crippen LogP contribution < -0.4 is 5.32 Å². The van der Waals surface area contributed by atoms with Gasteiger partial charge in [-0.15, -0.1) is 22.0 Å². The highest BCUT2D eigenvalue weighted by Gasteiger charge is 2.43. The van der Waals surface area contributed by atoms with Crippen LogP contribution in [0.25, 0.3) is 0 Å². The Morgan fingerprint density at radius 1 is 1.30 bits per heavy atom. The van der Waals surface area contributed by atoms with Crippen LogP contribution in [0, 0.1) is 0 Å². The minimum Gasteiger partial charge on any atom is -0.318 e. The Labute approximate surface area is 144 Å². The summed E-state index contributed by atoms with van der Waals surface area (Å²) in [6, 6.07) is -0.450. The maximum atomic E-state index is 12.5. The number of hydrogen-bond acceptors (Lipinski definition) is 6. The minimum atomic E-state index is -0.450. The van der Waals surface area contributed by atoms with E-state index in [1.54, 1.807) is 16.7 Å². The molecule has 0 radical (unpaired) electrons. The van der Waals surface area contributed by atoms with Gasteiger partial charge in [0.2, 0.25) is 17.4 Å². The molecule has 2 heterocycles. The van der Waals surface area contributed by atoms with Gasteiger partial charge in [-0.2, -0.15) is 0 Å². The zero-order chi connectivity index (χ0) is 16.4. The molecule has 6 nitrogen and oxygen atoms in total. The van der Waals surface area contributed by atoms with E-state index in [0.29, 0.717) is 16.8 Å². The fourth-order valence-corrected chi connectivity index (χ4v) is 5.32. The van der Waals surface area contributed by atoms with Crippen LogP contribution in [0.4, 0.5) is 5.13 Å². The number of carbonyl (C=O) groups is 2. The third kappa shape index (κ3) is 3.52. The summed E-state index contributed by atoms with van der Waals surface area (Å²) < 4.78 is 0. The van der Waals surface area contributed by atoms with Gasteiger partial charge in [-0.05, 0) is 26.7 Å². The number of hydrogen-bond donors (Lipinski definition) is 1. The zero-order valence-electron chi connectivity index (χ0n) is 13.4. The molecule has 0 bridgehead atoms. The molecule has 0 spiro atoms. The molecule has 1 aliphatic carbocycles. The van der Waals surface area contributed by atoms with Gasteiger partial charge in [-0.25, -0.2) is 0 Å². The highest BCUT2D eigenvalue weighted by Crippen LogP contribution is 2.38. The summed E-state index contributed by atoms with van der Waals surface area (Å²) in [6.45, 7) is 3.90. The molecule has 1 atom stereocenters. The van der Waals surface area contributed by atoms with Crippen LogP contribution in [0.2, 0.25) is 0 Å². The van der Waals surface area contributed by atoms with E-state index in [9.17, 15) is 9.59 Å². The van der Waals surface area contributed by atoms with Crippen molar-refractivity contribution in [3.8, 4) is 0 Å². The molecule has 0 aromatic carbocycles. The molecule has 1 saturated carbocycles. The molecular formula is C15H22N4O2S2. The summed E-state index contributed by atoms with van der Waals surface area (Å²) in [5.74, 6) is 0.909. The van der Waals surface area contributed by atoms with Gasteiger partial charge in [0.05, 0.1) is 4.87 Å². The number of carbonyl (C=O) groups excluding carboxylic acids is 2. The lowest BCUT2D eigenvalue weighted by atomic mass is 9.90. The number of amides is 2. The van der Waals surface area contributed by atoms with E-state index >= 15 is 0 Å². The molecule has 23 heavy (non-hydrogen) atoms. The molecule has 1 aromatic heterocycles. The molecule has 2 fully saturated rings. The molecule has 1 saturated heterocycles. The van der Waals surface area contributed by atoms with Crippen LogP contribution in [0.5, 0.6) is 0 Å². The SMILES string of the molecule is CC1(C)SCC(C(=O)Nc2nnc(C3CCCCC3)s2)N1C=O. The average molecular weight is 355 g/mol. The molecule has 2 amide bonds. The maximum absolute atomic E-state index is 12.5. The summed E-state index contributed by atoms with van der Waals surface area (Å²) >= 11 is 3.08. The van der Waals surface area contributed by atoms with Gasteiger partial charge in [0.15, 0.2) is 0 Å². The van der Waals surface area contributed by atoms with Crippen molar-refractivity contribution >= 4 is 40.5 Å². The Kier molecular flexibility index (Phi) is 4.91. The van der Waals surface area contributed by atoms with Crippen molar-refractivity contribution in [3.63, 3.8) is 0 Å². The van der Waals surface area contributed by atoms with E-state index in [0.717, 1.165) is 24.3 Å². The number of aromatic nitrogens is 2. The van der Waals surface area contributed by atoms with E-state index in [1.807, 2.05) is 13.8 Å². The minimum absolute atomic E-state index is 0.179. The molecule has 2 aliphatic rings. The van der Waals surface area contributed by atoms with Gasteiger partial charge in [0.1, 0.15) is 11.0 Å². The van der Waals surface area contributed by atoms with E-state index < -0.39 is 6.04 Å². The summed E-state index contributed by atoms with van der Waals surface area (Å²) in [6.07, 6.45) is 6.88. The van der Waals surface area contributed by atoms with Crippen molar-refractivity contribution in [2.24, 2.45) is 0 Å². The quantitative estimate of drug-likeness (QED) is 0.842. The van der Waals surface area contributed by atoms with Crippen molar-refractivity contribution in [3.05, 3.63) is 5.01 Å². The molecule has 8 heteroatoms. The maximum Gasteiger partial charge on any atom is 0.249 e. The zero-order valence-corrected chi connectivity index (χ0v) is 15.1. The molecule has 1 N–H and O–H groups in total. The Bertz CT molecular complexity index is 584. The van der Waals surface area contributed by atoms with Crippen molar-refractivity contribution in [2.75, 3.05) is 11.1 Å². The Morgan fingerprint density at radius 2 is 2.04 bits per heavy atom. The number of rotatable bonds is 4. The van der Waals surface area contributed by atoms with E-state index in [1.165, 1.54) is 30.6 Å². The van der Waals surface area contributed by atoms with Gasteiger partial charge in [0, 0.05) is 11.7 Å². The van der Waals surface area contributed by atoms with Gasteiger partial charge >= 0.3 is 0 Å². The second kappa shape index (κ2) is 6.76. The first-order valence-electron chi connectivity index (χ1n) is 8.03. The Hall–Kier alpha value is -1.15. The van der Waals surface area contributed by atoms with Gasteiger partial charge < -0.3 is 4.90 Å². The molecule has 1 aliphatic heterocycles. The molecule has 1 unspecified atom stereocenters. The summed E-state index contributed by atoms with van der Waals surface area (Å²) in [4.78, 5) is 25.0. The molecular weight excluding hydrogens is 332 g/mol. The normalized spacial score (nSPS) is 24.6. The number of thioether (sulfide) groups is 1. The van der Waals surface area contributed by atoms with E-state index in [2.05, 4.69) is 15.5 Å². The first kappa shape index (κ1) is 16.7. The Morgan fingerprint density at radius 3 is 2.74 bits per heavy atom. The van der Waals surface area contributed by atoms with Gasteiger partial charge in [0.25, 0.3) is 0 Å². The van der Waals surface area contributed by atoms with Crippen LogP contribution in [0.15, 0.2) is 0 Å². The lowest BCUT2D eigenvalue weighted by Gasteiger charge is -2.29. The second-order valence-corrected chi connectivity index (χ2v) is 9.19. The largest absolute Gasteiger partial charge is 0.318 e. The predicted octanol–water partition coefficient (Wildman–Crippen LogP) is 2.83. The lowest BCUT2D eigenvalue weighted by molar-refractivity contribution is -0.130. The van der Waals surface area contributed by atoms with Crippen molar-refractivity contribution in [1.29, 1.82) is 0 Å². The van der Waals surface area contributed by atoms with Crippen LogP contribution in [-0.2, 0) is 9.59 Å². The lowest BCUT2D eigenvalue weighted by Crippen LogP contribution is -2.47. The van der Waals surface area contributed by atoms with Gasteiger partial charge in [-0.1, -0.05) is 30.6 Å². The van der Waals surface area contributed by atoms with Crippen LogP contribution >= 0.6 is 23.1 Å². The highest BCUT2D eigenvalue weighted by atomic mass is 32.2. The highest BCUT2D eigenvalue weighted by molar-refractivity contribution is 8.00. The first-order valence-corrected chi connectivity index (χ1v) is 9.83. The standard InChI is InChI=1S/C15H22N4O2S2/c1-15(2)19(9-20)11(8-22-15)12(21)16-14-18-17-13(23-14)10-6-4-3-5-7-10/h9-11H,3-8H2,1-2H3,(H,16,18,21). The summed E-state index contributed by atoms with van der Waals surface area (Å²) in [7, 11) is 0. The third-order valence-corrected chi connectivity index (χ3v) is 6.99. The van der Waals surface area contributed by atoms with Crippen molar-refractivity contribution < 1.29 is 9.59 Å². The topological polar surface area (TPSA) is 75.2 Å². The first-order chi connectivity index (χ1) is 11.0. The van der Waals surface area contributed by atoms with E-state index in [-0.39, 0.29) is 10.8 Å². The fourth-order valence-electron chi connectivity index (χ4n) is 3.20. The van der Waals surface area contributed by atoms with E-state index in [4.69, 9.17) is 0 Å². The Balaban J connectivity index is 1.64. The van der Waals surface area contributed by atoms with Crippen LogP contribution in [-0.4, -0.2) is 44.1 Å². The molecule has 3 rings (SSSR count). The summed E-state index contributed by atoms with van der Waals surface area (Å²) in [5.41, 5.74) is 0. The summed E-state index contributed by atoms with van der Waals surface area (Å²) in [5, 5.41) is 12.8. The predicted molar refractivity (Wildman–Crippen MR) is 92.6 cm³/mol. The molecule has 126 valence electrons.